The van der Waals surface area contributed by atoms with Crippen LogP contribution in [-0.2, 0) is 11.3 Å². The third-order valence-electron chi connectivity index (χ3n) is 4.72. The second-order valence-electron chi connectivity index (χ2n) is 6.96. The largest absolute Gasteiger partial charge is 0.456 e. The van der Waals surface area contributed by atoms with Crippen molar-refractivity contribution in [1.82, 2.24) is 0 Å². The van der Waals surface area contributed by atoms with Gasteiger partial charge in [-0.3, -0.25) is 4.79 Å². The van der Waals surface area contributed by atoms with Crippen LogP contribution in [0.15, 0.2) is 46.9 Å². The topological polar surface area (TPSA) is 39.4 Å². The van der Waals surface area contributed by atoms with Gasteiger partial charge in [-0.25, -0.2) is 4.39 Å². The van der Waals surface area contributed by atoms with Crippen molar-refractivity contribution in [3.05, 3.63) is 59.4 Å². The standard InChI is InChI=1S/C23H25FO3/c1-3-4-5-6-16(2)26-15-18-8-10-22-19(11-18)13-23(27-22)20-9-7-17(14-25)12-21(20)24/h7-14,16H,3-6,15H2,1-2H3. The lowest BCUT2D eigenvalue weighted by molar-refractivity contribution is 0.0460. The summed E-state index contributed by atoms with van der Waals surface area (Å²) in [6.07, 6.45) is 5.57. The predicted octanol–water partition coefficient (Wildman–Crippen LogP) is 6.54. The Balaban J connectivity index is 1.72. The van der Waals surface area contributed by atoms with E-state index in [-0.39, 0.29) is 6.10 Å². The maximum absolute atomic E-state index is 14.2. The zero-order valence-electron chi connectivity index (χ0n) is 15.8. The highest BCUT2D eigenvalue weighted by atomic mass is 19.1. The molecule has 0 spiro atoms. The molecule has 0 amide bonds. The number of hydrogen-bond acceptors (Lipinski definition) is 3. The number of unbranched alkanes of at least 4 members (excludes halogenated alkanes) is 2. The van der Waals surface area contributed by atoms with E-state index < -0.39 is 5.82 Å². The van der Waals surface area contributed by atoms with Gasteiger partial charge in [0, 0.05) is 10.9 Å². The van der Waals surface area contributed by atoms with E-state index >= 15 is 0 Å². The van der Waals surface area contributed by atoms with E-state index in [1.807, 2.05) is 24.3 Å². The number of rotatable bonds is 9. The second-order valence-corrected chi connectivity index (χ2v) is 6.96. The first-order chi connectivity index (χ1) is 13.1. The first kappa shape index (κ1) is 19.3. The minimum absolute atomic E-state index is 0.234. The van der Waals surface area contributed by atoms with Crippen LogP contribution in [0.1, 0.15) is 55.5 Å². The highest BCUT2D eigenvalue weighted by Gasteiger charge is 2.12. The van der Waals surface area contributed by atoms with Crippen molar-refractivity contribution in [2.24, 2.45) is 0 Å². The molecule has 142 valence electrons. The van der Waals surface area contributed by atoms with E-state index in [0.29, 0.717) is 35.4 Å². The summed E-state index contributed by atoms with van der Waals surface area (Å²) >= 11 is 0. The summed E-state index contributed by atoms with van der Waals surface area (Å²) in [5, 5.41) is 0.906. The molecular formula is C23H25FO3. The Labute approximate surface area is 159 Å². The van der Waals surface area contributed by atoms with E-state index in [4.69, 9.17) is 9.15 Å². The number of halogens is 1. The first-order valence-electron chi connectivity index (χ1n) is 9.50. The Morgan fingerprint density at radius 2 is 2.00 bits per heavy atom. The fourth-order valence-electron chi connectivity index (χ4n) is 3.12. The van der Waals surface area contributed by atoms with Crippen molar-refractivity contribution < 1.29 is 18.3 Å². The third kappa shape index (κ3) is 4.83. The zero-order valence-corrected chi connectivity index (χ0v) is 15.8. The highest BCUT2D eigenvalue weighted by Crippen LogP contribution is 2.30. The molecule has 3 nitrogen and oxygen atoms in total. The smallest absolute Gasteiger partial charge is 0.150 e. The highest BCUT2D eigenvalue weighted by molar-refractivity contribution is 5.84. The van der Waals surface area contributed by atoms with Gasteiger partial charge in [0.25, 0.3) is 0 Å². The molecule has 27 heavy (non-hydrogen) atoms. The molecule has 3 rings (SSSR count). The maximum Gasteiger partial charge on any atom is 0.150 e. The van der Waals surface area contributed by atoms with Crippen LogP contribution >= 0.6 is 0 Å². The van der Waals surface area contributed by atoms with Crippen LogP contribution < -0.4 is 0 Å². The van der Waals surface area contributed by atoms with Gasteiger partial charge in [0.2, 0.25) is 0 Å². The average Bonchev–Trinajstić information content (AvgIpc) is 3.09. The Morgan fingerprint density at radius 1 is 1.15 bits per heavy atom. The molecule has 0 aliphatic rings. The van der Waals surface area contributed by atoms with E-state index in [1.54, 1.807) is 12.1 Å². The molecule has 0 N–H and O–H groups in total. The average molecular weight is 368 g/mol. The molecule has 0 saturated carbocycles. The summed E-state index contributed by atoms with van der Waals surface area (Å²) in [6, 6.07) is 12.1. The normalized spacial score (nSPS) is 12.4. The molecule has 1 aromatic heterocycles. The molecule has 0 bridgehead atoms. The van der Waals surface area contributed by atoms with Crippen molar-refractivity contribution >= 4 is 17.3 Å². The van der Waals surface area contributed by atoms with Crippen LogP contribution in [0, 0.1) is 5.82 Å². The molecular weight excluding hydrogens is 343 g/mol. The number of hydrogen-bond donors (Lipinski definition) is 0. The van der Waals surface area contributed by atoms with Gasteiger partial charge in [0.15, 0.2) is 0 Å². The third-order valence-corrected chi connectivity index (χ3v) is 4.72. The maximum atomic E-state index is 14.2. The number of carbonyl (C=O) groups is 1. The predicted molar refractivity (Wildman–Crippen MR) is 105 cm³/mol. The number of benzene rings is 2. The van der Waals surface area contributed by atoms with Gasteiger partial charge in [0.1, 0.15) is 23.4 Å². The van der Waals surface area contributed by atoms with E-state index in [2.05, 4.69) is 13.8 Å². The Bertz CT molecular complexity index is 913. The fraction of sp³-hybridized carbons (Fsp3) is 0.348. The minimum atomic E-state index is -0.469. The van der Waals surface area contributed by atoms with Gasteiger partial charge in [0.05, 0.1) is 18.3 Å². The molecule has 0 radical (unpaired) electrons. The first-order valence-corrected chi connectivity index (χ1v) is 9.50. The zero-order chi connectivity index (χ0) is 19.2. The second kappa shape index (κ2) is 8.96. The summed E-state index contributed by atoms with van der Waals surface area (Å²) in [7, 11) is 0. The number of fused-ring (bicyclic) bond motifs is 1. The van der Waals surface area contributed by atoms with Gasteiger partial charge in [-0.2, -0.15) is 0 Å². The van der Waals surface area contributed by atoms with Crippen LogP contribution in [0.3, 0.4) is 0 Å². The molecule has 0 fully saturated rings. The molecule has 1 unspecified atom stereocenters. The minimum Gasteiger partial charge on any atom is -0.456 e. The van der Waals surface area contributed by atoms with Crippen molar-refractivity contribution in [1.29, 1.82) is 0 Å². The molecule has 1 atom stereocenters. The Kier molecular flexibility index (Phi) is 6.40. The number of ether oxygens (including phenoxy) is 1. The van der Waals surface area contributed by atoms with E-state index in [1.165, 1.54) is 25.3 Å². The fourth-order valence-corrected chi connectivity index (χ4v) is 3.12. The lowest BCUT2D eigenvalue weighted by atomic mass is 10.1. The summed E-state index contributed by atoms with van der Waals surface area (Å²) in [5.41, 5.74) is 2.41. The van der Waals surface area contributed by atoms with Gasteiger partial charge in [-0.05, 0) is 49.2 Å². The van der Waals surface area contributed by atoms with Crippen LogP contribution in [0.25, 0.3) is 22.3 Å². The van der Waals surface area contributed by atoms with Crippen molar-refractivity contribution in [2.45, 2.75) is 52.2 Å². The molecule has 3 aromatic rings. The molecule has 1 heterocycles. The number of aldehydes is 1. The summed E-state index contributed by atoms with van der Waals surface area (Å²) in [4.78, 5) is 10.8. The van der Waals surface area contributed by atoms with Crippen molar-refractivity contribution in [2.75, 3.05) is 0 Å². The Hall–Kier alpha value is -2.46. The monoisotopic (exact) mass is 368 g/mol. The van der Waals surface area contributed by atoms with Gasteiger partial charge in [-0.1, -0.05) is 38.3 Å². The molecule has 2 aromatic carbocycles. The molecule has 0 saturated heterocycles. The quantitative estimate of drug-likeness (QED) is 0.318. The van der Waals surface area contributed by atoms with Crippen LogP contribution in [0.5, 0.6) is 0 Å². The van der Waals surface area contributed by atoms with E-state index in [0.717, 1.165) is 17.4 Å². The SMILES string of the molecule is CCCCCC(C)OCc1ccc2oc(-c3ccc(C=O)cc3F)cc2c1. The van der Waals surface area contributed by atoms with Crippen molar-refractivity contribution in [3.8, 4) is 11.3 Å². The molecule has 4 heteroatoms. The Morgan fingerprint density at radius 3 is 2.74 bits per heavy atom. The van der Waals surface area contributed by atoms with Gasteiger partial charge >= 0.3 is 0 Å². The van der Waals surface area contributed by atoms with E-state index in [9.17, 15) is 9.18 Å². The summed E-state index contributed by atoms with van der Waals surface area (Å²) in [5.74, 6) is -0.0194. The lowest BCUT2D eigenvalue weighted by Gasteiger charge is -2.12. The molecule has 0 aliphatic heterocycles. The lowest BCUT2D eigenvalue weighted by Crippen LogP contribution is -2.07. The van der Waals surface area contributed by atoms with Crippen molar-refractivity contribution in [3.63, 3.8) is 0 Å². The van der Waals surface area contributed by atoms with Gasteiger partial charge < -0.3 is 9.15 Å². The summed E-state index contributed by atoms with van der Waals surface area (Å²) < 4.78 is 25.9. The van der Waals surface area contributed by atoms with Crippen LogP contribution in [0.2, 0.25) is 0 Å². The summed E-state index contributed by atoms with van der Waals surface area (Å²) in [6.45, 7) is 4.85. The number of furan rings is 1. The van der Waals surface area contributed by atoms with Crippen LogP contribution in [-0.4, -0.2) is 12.4 Å². The van der Waals surface area contributed by atoms with Crippen LogP contribution in [0.4, 0.5) is 4.39 Å². The van der Waals surface area contributed by atoms with Gasteiger partial charge in [-0.15, -0.1) is 0 Å². The number of carbonyl (C=O) groups excluding carboxylic acids is 1. The molecule has 0 aliphatic carbocycles.